The number of nitrogens with zero attached hydrogens (tertiary/aromatic N) is 1. The fraction of sp³-hybridized carbons (Fsp3) is 0.190. The van der Waals surface area contributed by atoms with E-state index in [4.69, 9.17) is 0 Å². The van der Waals surface area contributed by atoms with Gasteiger partial charge in [-0.15, -0.1) is 0 Å². The van der Waals surface area contributed by atoms with Gasteiger partial charge in [0.1, 0.15) is 7.05 Å². The highest BCUT2D eigenvalue weighted by Gasteiger charge is 2.17. The molecular formula is C21H19NO. The molecule has 2 aromatic rings. The van der Waals surface area contributed by atoms with Crippen LogP contribution in [0, 0.1) is 17.0 Å². The number of rotatable bonds is 2. The average molecular weight is 301 g/mol. The molecule has 0 spiro atoms. The minimum atomic E-state index is 0.715. The van der Waals surface area contributed by atoms with E-state index >= 15 is 0 Å². The zero-order chi connectivity index (χ0) is 16.1. The summed E-state index contributed by atoms with van der Waals surface area (Å²) in [5, 5.41) is 11.4. The van der Waals surface area contributed by atoms with E-state index in [0.29, 0.717) is 6.42 Å². The zero-order valence-electron chi connectivity index (χ0n) is 13.3. The first kappa shape index (κ1) is 15.1. The third-order valence-electron chi connectivity index (χ3n) is 3.96. The van der Waals surface area contributed by atoms with Gasteiger partial charge >= 0.3 is 0 Å². The van der Waals surface area contributed by atoms with E-state index in [1.807, 2.05) is 24.3 Å². The van der Waals surface area contributed by atoms with Gasteiger partial charge < -0.3 is 5.21 Å². The Balaban J connectivity index is 1.97. The molecule has 0 fully saturated rings. The molecule has 0 bridgehead atoms. The smallest absolute Gasteiger partial charge is 0.178 e. The predicted molar refractivity (Wildman–Crippen MR) is 95.2 cm³/mol. The van der Waals surface area contributed by atoms with Crippen LogP contribution < -0.4 is 0 Å². The van der Waals surface area contributed by atoms with Crippen molar-refractivity contribution in [2.24, 2.45) is 0 Å². The lowest BCUT2D eigenvalue weighted by Crippen LogP contribution is -2.09. The van der Waals surface area contributed by atoms with E-state index in [9.17, 15) is 5.21 Å². The van der Waals surface area contributed by atoms with Crippen molar-refractivity contribution in [1.29, 1.82) is 0 Å². The standard InChI is InChI=1S/C21H19NO/c1-22(23)16-19-15-14-18-11-5-6-12-20(18)21(19)13-7-10-17-8-3-2-4-9-17/h2-6,8-9,11-12,16H,10,14-15H2,1H3/b22-16-. The third-order valence-corrected chi connectivity index (χ3v) is 3.96. The lowest BCUT2D eigenvalue weighted by molar-refractivity contribution is -0.417. The van der Waals surface area contributed by atoms with Crippen LogP contribution in [0.2, 0.25) is 0 Å². The molecule has 0 atom stereocenters. The Bertz CT molecular complexity index is 816. The van der Waals surface area contributed by atoms with Gasteiger partial charge in [-0.2, -0.15) is 0 Å². The molecule has 0 saturated heterocycles. The van der Waals surface area contributed by atoms with E-state index in [2.05, 4.69) is 42.2 Å². The summed E-state index contributed by atoms with van der Waals surface area (Å²) in [5.41, 5.74) is 5.69. The molecule has 2 nitrogen and oxygen atoms in total. The molecule has 3 rings (SSSR count). The molecule has 0 radical (unpaired) electrons. The average Bonchev–Trinajstić information content (AvgIpc) is 2.57. The summed E-state index contributed by atoms with van der Waals surface area (Å²) in [6, 6.07) is 18.5. The quantitative estimate of drug-likeness (QED) is 0.272. The monoisotopic (exact) mass is 301 g/mol. The molecule has 0 heterocycles. The minimum absolute atomic E-state index is 0.715. The summed E-state index contributed by atoms with van der Waals surface area (Å²) in [6.45, 7) is 0. The molecule has 23 heavy (non-hydrogen) atoms. The van der Waals surface area contributed by atoms with Gasteiger partial charge in [0.2, 0.25) is 0 Å². The molecule has 0 aromatic heterocycles. The van der Waals surface area contributed by atoms with Crippen molar-refractivity contribution in [3.8, 4) is 11.8 Å². The van der Waals surface area contributed by atoms with Crippen molar-refractivity contribution in [3.63, 3.8) is 0 Å². The minimum Gasteiger partial charge on any atom is -0.624 e. The summed E-state index contributed by atoms with van der Waals surface area (Å²) in [4.78, 5) is 0. The highest BCUT2D eigenvalue weighted by molar-refractivity contribution is 5.96. The van der Waals surface area contributed by atoms with Crippen molar-refractivity contribution < 1.29 is 4.74 Å². The summed E-state index contributed by atoms with van der Waals surface area (Å²) in [7, 11) is 1.52. The summed E-state index contributed by atoms with van der Waals surface area (Å²) in [6.07, 6.45) is 4.19. The Labute approximate surface area is 137 Å². The van der Waals surface area contributed by atoms with Crippen LogP contribution in [0.4, 0.5) is 0 Å². The van der Waals surface area contributed by atoms with Crippen molar-refractivity contribution in [2.45, 2.75) is 19.3 Å². The van der Waals surface area contributed by atoms with Gasteiger partial charge in [0.05, 0.1) is 0 Å². The number of allylic oxidation sites excluding steroid dienone is 2. The van der Waals surface area contributed by atoms with Crippen molar-refractivity contribution >= 4 is 11.8 Å². The van der Waals surface area contributed by atoms with E-state index in [0.717, 1.165) is 34.3 Å². The van der Waals surface area contributed by atoms with E-state index in [1.165, 1.54) is 18.2 Å². The topological polar surface area (TPSA) is 26.1 Å². The zero-order valence-corrected chi connectivity index (χ0v) is 13.3. The number of fused-ring (bicyclic) bond motifs is 1. The van der Waals surface area contributed by atoms with Crippen LogP contribution in [0.25, 0.3) is 5.57 Å². The number of hydrogen-bond donors (Lipinski definition) is 0. The van der Waals surface area contributed by atoms with E-state index in [-0.39, 0.29) is 0 Å². The molecule has 2 heteroatoms. The van der Waals surface area contributed by atoms with Crippen molar-refractivity contribution in [1.82, 2.24) is 0 Å². The van der Waals surface area contributed by atoms with Crippen LogP contribution in [-0.4, -0.2) is 18.0 Å². The van der Waals surface area contributed by atoms with Crippen molar-refractivity contribution in [2.75, 3.05) is 7.05 Å². The molecule has 114 valence electrons. The van der Waals surface area contributed by atoms with Crippen LogP contribution >= 0.6 is 0 Å². The fourth-order valence-electron chi connectivity index (χ4n) is 2.88. The number of hydrogen-bond acceptors (Lipinski definition) is 1. The maximum Gasteiger partial charge on any atom is 0.178 e. The van der Waals surface area contributed by atoms with Crippen LogP contribution in [-0.2, 0) is 12.8 Å². The number of aryl methyl sites for hydroxylation is 1. The molecule has 0 aliphatic heterocycles. The van der Waals surface area contributed by atoms with Crippen molar-refractivity contribution in [3.05, 3.63) is 82.1 Å². The molecule has 2 aromatic carbocycles. The Kier molecular flexibility index (Phi) is 4.59. The molecular weight excluding hydrogens is 282 g/mol. The summed E-state index contributed by atoms with van der Waals surface area (Å²) >= 11 is 0. The Morgan fingerprint density at radius 3 is 2.57 bits per heavy atom. The van der Waals surface area contributed by atoms with Gasteiger partial charge in [-0.3, -0.25) is 0 Å². The van der Waals surface area contributed by atoms with Gasteiger partial charge in [-0.25, -0.2) is 4.74 Å². The SMILES string of the molecule is C/[N+]([O-])=C/C1=C(C#CCc2ccccc2)c2ccccc2CC1. The predicted octanol–water partition coefficient (Wildman–Crippen LogP) is 3.84. The number of hydroxylamine groups is 1. The van der Waals surface area contributed by atoms with Crippen LogP contribution in [0.3, 0.4) is 0 Å². The maximum atomic E-state index is 11.4. The molecule has 0 unspecified atom stereocenters. The lowest BCUT2D eigenvalue weighted by Gasteiger charge is -2.17. The van der Waals surface area contributed by atoms with Crippen LogP contribution in [0.15, 0.2) is 60.2 Å². The first-order chi connectivity index (χ1) is 11.2. The molecule has 1 aliphatic rings. The second kappa shape index (κ2) is 6.98. The lowest BCUT2D eigenvalue weighted by atomic mass is 9.86. The van der Waals surface area contributed by atoms with Crippen LogP contribution in [0.1, 0.15) is 23.1 Å². The molecule has 0 N–H and O–H groups in total. The summed E-state index contributed by atoms with van der Waals surface area (Å²) < 4.78 is 0.863. The second-order valence-electron chi connectivity index (χ2n) is 5.70. The largest absolute Gasteiger partial charge is 0.624 e. The molecule has 1 aliphatic carbocycles. The molecule has 0 amide bonds. The van der Waals surface area contributed by atoms with Gasteiger partial charge in [0.25, 0.3) is 0 Å². The Morgan fingerprint density at radius 1 is 1.04 bits per heavy atom. The maximum absolute atomic E-state index is 11.4. The number of benzene rings is 2. The van der Waals surface area contributed by atoms with E-state index < -0.39 is 0 Å². The Morgan fingerprint density at radius 2 is 1.78 bits per heavy atom. The van der Waals surface area contributed by atoms with E-state index in [1.54, 1.807) is 6.21 Å². The molecule has 0 saturated carbocycles. The second-order valence-corrected chi connectivity index (χ2v) is 5.70. The fourth-order valence-corrected chi connectivity index (χ4v) is 2.88. The Hall–Kier alpha value is -2.79. The highest BCUT2D eigenvalue weighted by Crippen LogP contribution is 2.30. The first-order valence-corrected chi connectivity index (χ1v) is 7.83. The van der Waals surface area contributed by atoms with Gasteiger partial charge in [0.15, 0.2) is 6.21 Å². The normalized spacial score (nSPS) is 14.0. The van der Waals surface area contributed by atoms with Gasteiger partial charge in [-0.1, -0.05) is 66.4 Å². The van der Waals surface area contributed by atoms with Crippen LogP contribution in [0.5, 0.6) is 0 Å². The highest BCUT2D eigenvalue weighted by atomic mass is 16.5. The summed E-state index contributed by atoms with van der Waals surface area (Å²) in [5.74, 6) is 6.58. The van der Waals surface area contributed by atoms with Gasteiger partial charge in [0, 0.05) is 17.6 Å². The third kappa shape index (κ3) is 3.70. The first-order valence-electron chi connectivity index (χ1n) is 7.83. The van der Waals surface area contributed by atoms with Gasteiger partial charge in [-0.05, 0) is 29.5 Å².